The number of nitriles is 1. The van der Waals surface area contributed by atoms with Gasteiger partial charge in [-0.2, -0.15) is 5.26 Å². The molecule has 0 fully saturated rings. The number of nitrogens with zero attached hydrogens (tertiary/aromatic N) is 1. The molecule has 5 nitrogen and oxygen atoms in total. The second kappa shape index (κ2) is 36.4. The van der Waals surface area contributed by atoms with Gasteiger partial charge in [0.25, 0.3) is 10.3 Å². The van der Waals surface area contributed by atoms with Crippen molar-refractivity contribution in [1.29, 1.82) is 5.26 Å². The fraction of sp³-hybridized carbons (Fsp3) is 0.700. The molecule has 5 N–H and O–H groups in total. The van der Waals surface area contributed by atoms with Crippen LogP contribution in [-0.2, 0) is 4.74 Å². The van der Waals surface area contributed by atoms with Crippen molar-refractivity contribution in [3.63, 3.8) is 0 Å². The van der Waals surface area contributed by atoms with Gasteiger partial charge in [0.2, 0.25) is 0 Å². The Balaban J connectivity index is -0.0000000202. The number of aliphatic hydroxyl groups is 1. The molecule has 0 aliphatic carbocycles. The van der Waals surface area contributed by atoms with Crippen molar-refractivity contribution < 1.29 is 9.84 Å². The van der Waals surface area contributed by atoms with Gasteiger partial charge >= 0.3 is 0 Å². The minimum atomic E-state index is -0.500. The van der Waals surface area contributed by atoms with Crippen LogP contribution >= 0.6 is 24.4 Å². The standard InChI is InChI=1S/C4H6N2OS.CH3NOS.5CH4/c5-2-1-3-7-4(6)8;2-1(3)4;;;;;/h1,3H2,(H2,6,8);(H3,2,3,4);5*1H4. The van der Waals surface area contributed by atoms with Gasteiger partial charge < -0.3 is 21.3 Å². The van der Waals surface area contributed by atoms with Crippen LogP contribution < -0.4 is 11.5 Å². The predicted octanol–water partition coefficient (Wildman–Crippen LogP) is 3.13. The molecule has 0 saturated carbocycles. The molecule has 0 saturated heterocycles. The molecule has 108 valence electrons. The second-order valence-corrected chi connectivity index (χ2v) is 2.23. The Morgan fingerprint density at radius 3 is 1.59 bits per heavy atom. The molecule has 0 unspecified atom stereocenters. The average molecular weight is 287 g/mol. The van der Waals surface area contributed by atoms with E-state index in [2.05, 4.69) is 34.9 Å². The Bertz CT molecular complexity index is 190. The lowest BCUT2D eigenvalue weighted by atomic mass is 10.5. The van der Waals surface area contributed by atoms with Gasteiger partial charge in [-0.1, -0.05) is 37.1 Å². The van der Waals surface area contributed by atoms with Gasteiger partial charge in [-0.15, -0.1) is 0 Å². The third kappa shape index (κ3) is 164. The van der Waals surface area contributed by atoms with Crippen LogP contribution in [0.3, 0.4) is 0 Å². The largest absolute Gasteiger partial charge is 0.487 e. The van der Waals surface area contributed by atoms with E-state index in [-0.39, 0.29) is 42.3 Å². The van der Waals surface area contributed by atoms with Crippen molar-refractivity contribution in [2.24, 2.45) is 11.5 Å². The van der Waals surface area contributed by atoms with E-state index in [4.69, 9.17) is 16.1 Å². The summed E-state index contributed by atoms with van der Waals surface area (Å²) in [6.45, 7) is 0.297. The van der Waals surface area contributed by atoms with E-state index in [1.165, 1.54) is 0 Å². The molecule has 0 heterocycles. The first-order valence-electron chi connectivity index (χ1n) is 2.78. The first kappa shape index (κ1) is 44.6. The normalized spacial score (nSPS) is 4.88. The number of nitrogens with two attached hydrogens (primary N) is 2. The summed E-state index contributed by atoms with van der Waals surface area (Å²) in [7, 11) is 0. The highest BCUT2D eigenvalue weighted by molar-refractivity contribution is 7.80. The van der Waals surface area contributed by atoms with E-state index in [0.29, 0.717) is 13.0 Å². The van der Waals surface area contributed by atoms with E-state index < -0.39 is 5.17 Å². The smallest absolute Gasteiger partial charge is 0.253 e. The lowest BCUT2D eigenvalue weighted by Gasteiger charge is -1.95. The zero-order valence-electron chi connectivity index (χ0n) is 6.19. The number of hydrogen-bond donors (Lipinski definition) is 3. The van der Waals surface area contributed by atoms with Crippen LogP contribution in [0.1, 0.15) is 43.6 Å². The third-order valence-electron chi connectivity index (χ3n) is 0.458. The molecule has 0 atom stereocenters. The Hall–Kier alpha value is -1.13. The van der Waals surface area contributed by atoms with Gasteiger partial charge in [-0.3, -0.25) is 0 Å². The minimum absolute atomic E-state index is 0. The second-order valence-electron chi connectivity index (χ2n) is 1.41. The topological polar surface area (TPSA) is 105 Å². The first-order chi connectivity index (χ1) is 5.50. The van der Waals surface area contributed by atoms with Gasteiger partial charge in [0.15, 0.2) is 0 Å². The van der Waals surface area contributed by atoms with Crippen LogP contribution in [0.5, 0.6) is 0 Å². The van der Waals surface area contributed by atoms with Crippen LogP contribution in [0.15, 0.2) is 0 Å². The van der Waals surface area contributed by atoms with Crippen LogP contribution in [0.2, 0.25) is 0 Å². The maximum absolute atomic E-state index is 7.97. The highest BCUT2D eigenvalue weighted by atomic mass is 32.1. The molecule has 0 rings (SSSR count). The molecule has 0 bridgehead atoms. The quantitative estimate of drug-likeness (QED) is 0.529. The van der Waals surface area contributed by atoms with E-state index in [0.717, 1.165) is 0 Å². The minimum Gasteiger partial charge on any atom is -0.487 e. The highest BCUT2D eigenvalue weighted by Gasteiger charge is 1.84. The average Bonchev–Trinajstić information content (AvgIpc) is 1.86. The fourth-order valence-electron chi connectivity index (χ4n) is 0.197. The molecule has 0 aliphatic heterocycles. The van der Waals surface area contributed by atoms with Crippen molar-refractivity contribution in [1.82, 2.24) is 0 Å². The lowest BCUT2D eigenvalue weighted by molar-refractivity contribution is 0.317. The summed E-state index contributed by atoms with van der Waals surface area (Å²) in [5, 5.41) is 15.0. The monoisotopic (exact) mass is 287 g/mol. The van der Waals surface area contributed by atoms with E-state index in [1.807, 2.05) is 6.07 Å². The molecule has 17 heavy (non-hydrogen) atoms. The van der Waals surface area contributed by atoms with E-state index in [1.54, 1.807) is 0 Å². The number of thiocarbonyl (C=S) groups is 2. The van der Waals surface area contributed by atoms with Crippen LogP contribution in [0.4, 0.5) is 0 Å². The van der Waals surface area contributed by atoms with E-state index >= 15 is 0 Å². The van der Waals surface area contributed by atoms with Crippen molar-refractivity contribution in [2.75, 3.05) is 6.61 Å². The number of hydrogen-bond acceptors (Lipinski definition) is 4. The Morgan fingerprint density at radius 1 is 1.12 bits per heavy atom. The summed E-state index contributed by atoms with van der Waals surface area (Å²) < 4.78 is 4.57. The Labute approximate surface area is 118 Å². The van der Waals surface area contributed by atoms with Crippen molar-refractivity contribution in [3.8, 4) is 6.07 Å². The maximum atomic E-state index is 7.97. The van der Waals surface area contributed by atoms with Crippen LogP contribution in [-0.4, -0.2) is 22.1 Å². The zero-order valence-corrected chi connectivity index (χ0v) is 7.82. The Kier molecular flexibility index (Phi) is 95.4. The molecular weight excluding hydrogens is 258 g/mol. The zero-order chi connectivity index (χ0) is 9.98. The van der Waals surface area contributed by atoms with Crippen LogP contribution in [0.25, 0.3) is 0 Å². The SMILES string of the molecule is C.C.C.C.C.N#CCCOC(N)=S.NC(O)=S. The van der Waals surface area contributed by atoms with E-state index in [9.17, 15) is 0 Å². The van der Waals surface area contributed by atoms with Crippen molar-refractivity contribution in [2.45, 2.75) is 43.6 Å². The van der Waals surface area contributed by atoms with Crippen molar-refractivity contribution >= 4 is 34.8 Å². The summed E-state index contributed by atoms with van der Waals surface area (Å²) in [5.41, 5.74) is 9.33. The highest BCUT2D eigenvalue weighted by Crippen LogP contribution is 1.77. The van der Waals surface area contributed by atoms with Gasteiger partial charge in [-0.25, -0.2) is 0 Å². The number of rotatable bonds is 2. The van der Waals surface area contributed by atoms with Crippen molar-refractivity contribution in [3.05, 3.63) is 0 Å². The lowest BCUT2D eigenvalue weighted by Crippen LogP contribution is -2.12. The molecule has 0 aromatic rings. The summed E-state index contributed by atoms with van der Waals surface area (Å²) in [5.74, 6) is 0. The molecule has 0 aromatic carbocycles. The first-order valence-corrected chi connectivity index (χ1v) is 3.60. The summed E-state index contributed by atoms with van der Waals surface area (Å²) in [6.07, 6.45) is 0.331. The maximum Gasteiger partial charge on any atom is 0.253 e. The van der Waals surface area contributed by atoms with Gasteiger partial charge in [0.05, 0.1) is 12.5 Å². The predicted molar refractivity (Wildman–Crippen MR) is 86.0 cm³/mol. The number of aliphatic hydroxyl groups excluding tert-OH is 1. The van der Waals surface area contributed by atoms with Gasteiger partial charge in [0.1, 0.15) is 6.61 Å². The summed E-state index contributed by atoms with van der Waals surface area (Å²) in [6, 6.07) is 1.88. The molecule has 0 aromatic heterocycles. The molecular formula is C10H29N3O2S2. The van der Waals surface area contributed by atoms with Gasteiger partial charge in [-0.05, 0) is 24.4 Å². The van der Waals surface area contributed by atoms with Gasteiger partial charge in [0, 0.05) is 0 Å². The Morgan fingerprint density at radius 2 is 1.41 bits per heavy atom. The third-order valence-corrected chi connectivity index (χ3v) is 0.576. The molecule has 0 radical (unpaired) electrons. The molecule has 0 spiro atoms. The molecule has 0 amide bonds. The number of ether oxygens (including phenoxy) is 1. The fourth-order valence-corrected chi connectivity index (χ4v) is 0.281. The summed E-state index contributed by atoms with van der Waals surface area (Å²) >= 11 is 8.23. The van der Waals surface area contributed by atoms with Crippen LogP contribution in [0, 0.1) is 11.3 Å². The summed E-state index contributed by atoms with van der Waals surface area (Å²) in [4.78, 5) is 0. The molecule has 0 aliphatic rings. The molecule has 7 heteroatoms.